The van der Waals surface area contributed by atoms with Crippen LogP contribution in [0.1, 0.15) is 48.4 Å². The second-order valence-electron chi connectivity index (χ2n) is 9.81. The SMILES string of the molecule is CC(=O)O[C@@H](C)[C@@H](NC(=O)CN1CC2(CCCN2C(=O)c2ncn(Cc3ccccc3)c2C)C1=O)C(N)=O. The number of carbonyl (C=O) groups excluding carboxylic acids is 5. The number of nitrogens with two attached hydrogens (primary N) is 1. The molecular weight excluding hydrogens is 492 g/mol. The zero-order chi connectivity index (χ0) is 27.6. The molecule has 0 aliphatic carbocycles. The van der Waals surface area contributed by atoms with E-state index in [1.807, 2.05) is 41.8 Å². The Labute approximate surface area is 220 Å². The second kappa shape index (κ2) is 10.6. The van der Waals surface area contributed by atoms with Crippen molar-refractivity contribution in [2.24, 2.45) is 5.73 Å². The van der Waals surface area contributed by atoms with E-state index in [4.69, 9.17) is 10.5 Å². The number of β-lactam (4-membered cyclic amide) rings is 1. The first-order valence-corrected chi connectivity index (χ1v) is 12.5. The van der Waals surface area contributed by atoms with E-state index >= 15 is 0 Å². The third-order valence-corrected chi connectivity index (χ3v) is 7.15. The van der Waals surface area contributed by atoms with Crippen molar-refractivity contribution in [2.75, 3.05) is 19.6 Å². The quantitative estimate of drug-likeness (QED) is 0.345. The van der Waals surface area contributed by atoms with E-state index in [1.54, 1.807) is 11.2 Å². The Bertz CT molecular complexity index is 1260. The standard InChI is InChI=1S/C26H32N6O6/c1-16-21(28-15-31(16)12-19-8-5-4-6-9-19)24(36)32-11-7-10-26(32)14-30(25(26)37)13-20(34)29-22(23(27)35)17(2)38-18(3)33/h4-6,8-9,15,17,22H,7,10-14H2,1-3H3,(H2,27,35)(H,29,34)/t17-,22+,26?/m0/s1. The van der Waals surface area contributed by atoms with Crippen LogP contribution in [0.2, 0.25) is 0 Å². The van der Waals surface area contributed by atoms with E-state index in [0.29, 0.717) is 37.3 Å². The van der Waals surface area contributed by atoms with E-state index in [9.17, 15) is 24.0 Å². The van der Waals surface area contributed by atoms with Crippen LogP contribution in [0.3, 0.4) is 0 Å². The highest BCUT2D eigenvalue weighted by molar-refractivity contribution is 6.03. The molecule has 38 heavy (non-hydrogen) atoms. The molecule has 1 aromatic carbocycles. The summed E-state index contributed by atoms with van der Waals surface area (Å²) in [7, 11) is 0. The Kier molecular flexibility index (Phi) is 7.51. The maximum absolute atomic E-state index is 13.5. The van der Waals surface area contributed by atoms with Crippen LogP contribution < -0.4 is 11.1 Å². The molecule has 2 aliphatic rings. The molecule has 1 spiro atoms. The number of nitrogens with one attached hydrogen (secondary N) is 1. The fourth-order valence-corrected chi connectivity index (χ4v) is 5.21. The van der Waals surface area contributed by atoms with Gasteiger partial charge in [-0.05, 0) is 32.3 Å². The van der Waals surface area contributed by atoms with Gasteiger partial charge in [0.05, 0.1) is 19.4 Å². The summed E-state index contributed by atoms with van der Waals surface area (Å²) in [6, 6.07) is 8.59. The minimum Gasteiger partial charge on any atom is -0.460 e. The zero-order valence-electron chi connectivity index (χ0n) is 21.7. The number of hydrogen-bond donors (Lipinski definition) is 2. The largest absolute Gasteiger partial charge is 0.460 e. The zero-order valence-corrected chi connectivity index (χ0v) is 21.7. The number of benzene rings is 1. The molecule has 2 aromatic rings. The lowest BCUT2D eigenvalue weighted by Crippen LogP contribution is -2.74. The molecule has 2 fully saturated rings. The average molecular weight is 525 g/mol. The molecule has 3 atom stereocenters. The summed E-state index contributed by atoms with van der Waals surface area (Å²) in [4.78, 5) is 69.6. The van der Waals surface area contributed by atoms with E-state index in [2.05, 4.69) is 10.3 Å². The van der Waals surface area contributed by atoms with Crippen LogP contribution in [0.25, 0.3) is 0 Å². The first kappa shape index (κ1) is 26.8. The van der Waals surface area contributed by atoms with Gasteiger partial charge in [-0.3, -0.25) is 24.0 Å². The fraction of sp³-hybridized carbons (Fsp3) is 0.462. The maximum Gasteiger partial charge on any atom is 0.302 e. The van der Waals surface area contributed by atoms with Crippen molar-refractivity contribution < 1.29 is 28.7 Å². The number of carbonyl (C=O) groups is 5. The molecule has 12 nitrogen and oxygen atoms in total. The number of primary amides is 1. The fourth-order valence-electron chi connectivity index (χ4n) is 5.21. The summed E-state index contributed by atoms with van der Waals surface area (Å²) < 4.78 is 6.86. The smallest absolute Gasteiger partial charge is 0.302 e. The summed E-state index contributed by atoms with van der Waals surface area (Å²) >= 11 is 0. The molecule has 202 valence electrons. The van der Waals surface area contributed by atoms with Crippen LogP contribution in [-0.4, -0.2) is 86.3 Å². The van der Waals surface area contributed by atoms with Crippen molar-refractivity contribution in [3.63, 3.8) is 0 Å². The molecule has 3 N–H and O–H groups in total. The van der Waals surface area contributed by atoms with Gasteiger partial charge in [0, 0.05) is 25.7 Å². The predicted octanol–water partition coefficient (Wildman–Crippen LogP) is -0.0215. The van der Waals surface area contributed by atoms with Gasteiger partial charge in [0.2, 0.25) is 11.8 Å². The van der Waals surface area contributed by atoms with E-state index in [1.165, 1.54) is 18.7 Å². The Hall–Kier alpha value is -4.22. The molecule has 1 unspecified atom stereocenters. The second-order valence-corrected chi connectivity index (χ2v) is 9.81. The number of ether oxygens (including phenoxy) is 1. The molecule has 0 radical (unpaired) electrons. The van der Waals surface area contributed by atoms with E-state index in [-0.39, 0.29) is 24.9 Å². The normalized spacial score (nSPS) is 20.1. The number of amides is 4. The van der Waals surface area contributed by atoms with Crippen LogP contribution in [0, 0.1) is 6.92 Å². The van der Waals surface area contributed by atoms with E-state index < -0.39 is 35.5 Å². The molecule has 0 saturated carbocycles. The van der Waals surface area contributed by atoms with Gasteiger partial charge < -0.3 is 30.2 Å². The lowest BCUT2D eigenvalue weighted by molar-refractivity contribution is -0.161. The summed E-state index contributed by atoms with van der Waals surface area (Å²) in [5.74, 6) is -2.75. The predicted molar refractivity (Wildman–Crippen MR) is 134 cm³/mol. The summed E-state index contributed by atoms with van der Waals surface area (Å²) in [5.41, 5.74) is 6.42. The van der Waals surface area contributed by atoms with Gasteiger partial charge in [-0.1, -0.05) is 30.3 Å². The number of imidazole rings is 1. The van der Waals surface area contributed by atoms with Gasteiger partial charge >= 0.3 is 5.97 Å². The third-order valence-electron chi connectivity index (χ3n) is 7.15. The Morgan fingerprint density at radius 2 is 1.92 bits per heavy atom. The number of likely N-dealkylation sites (tertiary alicyclic amines) is 2. The summed E-state index contributed by atoms with van der Waals surface area (Å²) in [6.07, 6.45) is 1.81. The van der Waals surface area contributed by atoms with Crippen LogP contribution in [0.5, 0.6) is 0 Å². The number of aromatic nitrogens is 2. The maximum atomic E-state index is 13.5. The van der Waals surface area contributed by atoms with Gasteiger partial charge in [0.15, 0.2) is 0 Å². The molecule has 0 bridgehead atoms. The van der Waals surface area contributed by atoms with Gasteiger partial charge in [0.25, 0.3) is 11.8 Å². The summed E-state index contributed by atoms with van der Waals surface area (Å²) in [6.45, 7) is 5.31. The van der Waals surface area contributed by atoms with Crippen molar-refractivity contribution in [1.82, 2.24) is 24.7 Å². The van der Waals surface area contributed by atoms with E-state index in [0.717, 1.165) is 5.56 Å². The van der Waals surface area contributed by atoms with Crippen molar-refractivity contribution in [1.29, 1.82) is 0 Å². The van der Waals surface area contributed by atoms with Crippen molar-refractivity contribution >= 4 is 29.6 Å². The van der Waals surface area contributed by atoms with Crippen LogP contribution in [-0.2, 0) is 30.5 Å². The van der Waals surface area contributed by atoms with Crippen molar-refractivity contribution in [3.05, 3.63) is 53.6 Å². The molecule has 1 aromatic heterocycles. The van der Waals surface area contributed by atoms with Crippen molar-refractivity contribution in [2.45, 2.75) is 57.8 Å². The Balaban J connectivity index is 1.40. The Morgan fingerprint density at radius 1 is 1.21 bits per heavy atom. The topological polar surface area (TPSA) is 157 Å². The van der Waals surface area contributed by atoms with Gasteiger partial charge in [-0.15, -0.1) is 0 Å². The molecule has 4 rings (SSSR count). The van der Waals surface area contributed by atoms with Gasteiger partial charge in [-0.2, -0.15) is 0 Å². The highest BCUT2D eigenvalue weighted by Crippen LogP contribution is 2.39. The van der Waals surface area contributed by atoms with Gasteiger partial charge in [-0.25, -0.2) is 4.98 Å². The number of hydrogen-bond acceptors (Lipinski definition) is 7. The highest BCUT2D eigenvalue weighted by atomic mass is 16.5. The molecule has 12 heteroatoms. The average Bonchev–Trinajstić information content (AvgIpc) is 3.47. The summed E-state index contributed by atoms with van der Waals surface area (Å²) in [5, 5.41) is 2.43. The molecule has 3 heterocycles. The van der Waals surface area contributed by atoms with Crippen LogP contribution in [0.15, 0.2) is 36.7 Å². The lowest BCUT2D eigenvalue weighted by Gasteiger charge is -2.50. The molecular formula is C26H32N6O6. The monoisotopic (exact) mass is 524 g/mol. The van der Waals surface area contributed by atoms with Crippen LogP contribution >= 0.6 is 0 Å². The number of esters is 1. The number of nitrogens with zero attached hydrogens (tertiary/aromatic N) is 4. The molecule has 4 amide bonds. The minimum atomic E-state index is -1.24. The minimum absolute atomic E-state index is 0.190. The first-order valence-electron chi connectivity index (χ1n) is 12.5. The first-order chi connectivity index (χ1) is 18.0. The van der Waals surface area contributed by atoms with Crippen LogP contribution in [0.4, 0.5) is 0 Å². The number of rotatable bonds is 9. The van der Waals surface area contributed by atoms with Gasteiger partial charge in [0.1, 0.15) is 23.4 Å². The third kappa shape index (κ3) is 5.11. The highest BCUT2D eigenvalue weighted by Gasteiger charge is 2.60. The lowest BCUT2D eigenvalue weighted by atomic mass is 9.85. The van der Waals surface area contributed by atoms with Crippen molar-refractivity contribution in [3.8, 4) is 0 Å². The molecule has 2 aliphatic heterocycles. The Morgan fingerprint density at radius 3 is 2.55 bits per heavy atom. The molecule has 2 saturated heterocycles.